The van der Waals surface area contributed by atoms with E-state index in [0.29, 0.717) is 31.8 Å². The molecule has 4 rings (SSSR count). The Balaban J connectivity index is 1.70. The Morgan fingerprint density at radius 2 is 2.03 bits per heavy atom. The lowest BCUT2D eigenvalue weighted by molar-refractivity contribution is -0.191. The van der Waals surface area contributed by atoms with Crippen LogP contribution in [0.3, 0.4) is 0 Å². The molecule has 31 heavy (non-hydrogen) atoms. The number of hydrogen-bond donors (Lipinski definition) is 1. The summed E-state index contributed by atoms with van der Waals surface area (Å²) >= 11 is 0. The lowest BCUT2D eigenvalue weighted by Gasteiger charge is -2.36. The molecule has 1 N–H and O–H groups in total. The molecule has 8 heteroatoms. The van der Waals surface area contributed by atoms with Crippen molar-refractivity contribution in [3.05, 3.63) is 23.8 Å². The first-order valence-corrected chi connectivity index (χ1v) is 11.1. The number of nitrogens with zero attached hydrogens (tertiary/aromatic N) is 1. The predicted molar refractivity (Wildman–Crippen MR) is 111 cm³/mol. The van der Waals surface area contributed by atoms with Gasteiger partial charge in [-0.3, -0.25) is 14.5 Å². The molecule has 0 aromatic rings. The molecule has 0 radical (unpaired) electrons. The van der Waals surface area contributed by atoms with E-state index < -0.39 is 29.5 Å². The van der Waals surface area contributed by atoms with Gasteiger partial charge in [0.2, 0.25) is 5.79 Å². The highest BCUT2D eigenvalue weighted by Gasteiger charge is 2.54. The molecule has 0 amide bonds. The minimum absolute atomic E-state index is 0.296. The van der Waals surface area contributed by atoms with E-state index >= 15 is 0 Å². The fourth-order valence-corrected chi connectivity index (χ4v) is 4.90. The van der Waals surface area contributed by atoms with Gasteiger partial charge in [-0.1, -0.05) is 19.9 Å². The van der Waals surface area contributed by atoms with Crippen molar-refractivity contribution in [2.75, 3.05) is 32.8 Å². The molecule has 4 aliphatic rings. The predicted octanol–water partition coefficient (Wildman–Crippen LogP) is 1.43. The highest BCUT2D eigenvalue weighted by atomic mass is 16.6. The number of carbonyl (C=O) groups is 2. The molecule has 4 aliphatic heterocycles. The number of carbonyl (C=O) groups excluding carboxylic acids is 2. The van der Waals surface area contributed by atoms with E-state index in [1.165, 1.54) is 0 Å². The van der Waals surface area contributed by atoms with Crippen LogP contribution < -0.4 is 0 Å². The molecule has 0 aromatic heterocycles. The zero-order chi connectivity index (χ0) is 22.4. The minimum atomic E-state index is -1.56. The number of esters is 2. The third-order valence-corrected chi connectivity index (χ3v) is 6.76. The Bertz CT molecular complexity index is 787. The van der Waals surface area contributed by atoms with Crippen LogP contribution in [0.5, 0.6) is 0 Å². The normalized spacial score (nSPS) is 42.3. The first kappa shape index (κ1) is 22.5. The summed E-state index contributed by atoms with van der Waals surface area (Å²) in [5.74, 6) is -3.31. The van der Waals surface area contributed by atoms with Gasteiger partial charge in [0.05, 0.1) is 36.6 Å². The van der Waals surface area contributed by atoms with E-state index in [-0.39, 0.29) is 23.8 Å². The lowest BCUT2D eigenvalue weighted by atomic mass is 9.79. The fraction of sp³-hybridized carbons (Fsp3) is 0.739. The number of morpholine rings is 1. The van der Waals surface area contributed by atoms with Crippen LogP contribution in [0, 0.1) is 17.8 Å². The second kappa shape index (κ2) is 8.31. The molecule has 4 heterocycles. The second-order valence-corrected chi connectivity index (χ2v) is 9.63. The SMILES string of the molecule is C/C1=C\[C@H]2OC(=O)C(CN3CCOCC3)[C@@H]2C(OC(=O)C(C)C)C[C@]2(C)C=C[C@@]1(O)O2. The van der Waals surface area contributed by atoms with Crippen LogP contribution in [0.15, 0.2) is 23.8 Å². The molecular formula is C23H33NO7. The average Bonchev–Trinajstić information content (AvgIpc) is 3.19. The highest BCUT2D eigenvalue weighted by Crippen LogP contribution is 2.45. The Labute approximate surface area is 183 Å². The van der Waals surface area contributed by atoms with Gasteiger partial charge in [0.15, 0.2) is 0 Å². The lowest BCUT2D eigenvalue weighted by Crippen LogP contribution is -2.46. The molecule has 2 unspecified atom stereocenters. The number of aliphatic hydroxyl groups is 1. The van der Waals surface area contributed by atoms with E-state index in [4.69, 9.17) is 18.9 Å². The van der Waals surface area contributed by atoms with Gasteiger partial charge in [-0.25, -0.2) is 0 Å². The fourth-order valence-electron chi connectivity index (χ4n) is 4.90. The molecule has 0 saturated carbocycles. The van der Waals surface area contributed by atoms with E-state index in [2.05, 4.69) is 4.90 Å². The van der Waals surface area contributed by atoms with Gasteiger partial charge >= 0.3 is 11.9 Å². The Morgan fingerprint density at radius 3 is 2.71 bits per heavy atom. The molecule has 8 nitrogen and oxygen atoms in total. The van der Waals surface area contributed by atoms with Crippen LogP contribution in [-0.4, -0.2) is 78.4 Å². The standard InChI is InChI=1S/C23H33NO7/c1-14(2)20(25)30-18-12-22(4)5-6-23(27,31-22)15(3)11-17-19(18)16(21(26)29-17)13-24-7-9-28-10-8-24/h5-6,11,14,16-19,27H,7-10,12-13H2,1-4H3/b15-11+/t16?,17-,18?,19+,22+,23-/m1/s1. The van der Waals surface area contributed by atoms with Crippen molar-refractivity contribution in [3.63, 3.8) is 0 Å². The maximum atomic E-state index is 13.0. The van der Waals surface area contributed by atoms with Crippen molar-refractivity contribution in [3.8, 4) is 0 Å². The van der Waals surface area contributed by atoms with Crippen LogP contribution in [0.2, 0.25) is 0 Å². The Hall–Kier alpha value is -1.74. The largest absolute Gasteiger partial charge is 0.462 e. The van der Waals surface area contributed by atoms with Crippen molar-refractivity contribution in [2.24, 2.45) is 17.8 Å². The molecule has 2 fully saturated rings. The van der Waals surface area contributed by atoms with Crippen molar-refractivity contribution in [1.82, 2.24) is 4.90 Å². The van der Waals surface area contributed by atoms with E-state index in [1.807, 2.05) is 13.0 Å². The summed E-state index contributed by atoms with van der Waals surface area (Å²) in [6.45, 7) is 10.5. The maximum absolute atomic E-state index is 13.0. The van der Waals surface area contributed by atoms with Crippen molar-refractivity contribution < 1.29 is 33.6 Å². The molecule has 0 spiro atoms. The van der Waals surface area contributed by atoms with Crippen LogP contribution in [0.4, 0.5) is 0 Å². The van der Waals surface area contributed by atoms with E-state index in [1.54, 1.807) is 32.9 Å². The van der Waals surface area contributed by atoms with E-state index in [0.717, 1.165) is 13.1 Å². The minimum Gasteiger partial charge on any atom is -0.462 e. The zero-order valence-electron chi connectivity index (χ0n) is 18.7. The van der Waals surface area contributed by atoms with Crippen LogP contribution in [0.1, 0.15) is 34.1 Å². The number of ether oxygens (including phenoxy) is 4. The molecule has 2 saturated heterocycles. The topological polar surface area (TPSA) is 94.5 Å². The molecular weight excluding hydrogens is 402 g/mol. The van der Waals surface area contributed by atoms with Gasteiger partial charge in [-0.05, 0) is 31.6 Å². The quantitative estimate of drug-likeness (QED) is 0.524. The van der Waals surface area contributed by atoms with Gasteiger partial charge in [-0.2, -0.15) is 0 Å². The molecule has 0 aromatic carbocycles. The monoisotopic (exact) mass is 435 g/mol. The van der Waals surface area contributed by atoms with Crippen molar-refractivity contribution in [2.45, 2.75) is 57.7 Å². The molecule has 172 valence electrons. The molecule has 2 bridgehead atoms. The third kappa shape index (κ3) is 4.44. The molecule has 6 atom stereocenters. The number of hydrogen-bond acceptors (Lipinski definition) is 8. The average molecular weight is 436 g/mol. The van der Waals surface area contributed by atoms with Gasteiger partial charge < -0.3 is 24.1 Å². The third-order valence-electron chi connectivity index (χ3n) is 6.76. The van der Waals surface area contributed by atoms with Crippen LogP contribution in [0.25, 0.3) is 0 Å². The first-order chi connectivity index (χ1) is 14.6. The summed E-state index contributed by atoms with van der Waals surface area (Å²) in [5, 5.41) is 11.0. The van der Waals surface area contributed by atoms with Crippen molar-refractivity contribution in [1.29, 1.82) is 0 Å². The van der Waals surface area contributed by atoms with Gasteiger partial charge in [0, 0.05) is 26.1 Å². The Kier molecular flexibility index (Phi) is 6.02. The first-order valence-electron chi connectivity index (χ1n) is 11.1. The zero-order valence-corrected chi connectivity index (χ0v) is 18.7. The highest BCUT2D eigenvalue weighted by molar-refractivity contribution is 5.76. The van der Waals surface area contributed by atoms with Crippen molar-refractivity contribution >= 4 is 11.9 Å². The van der Waals surface area contributed by atoms with Crippen LogP contribution in [-0.2, 0) is 28.5 Å². The summed E-state index contributed by atoms with van der Waals surface area (Å²) < 4.78 is 23.2. The smallest absolute Gasteiger partial charge is 0.311 e. The van der Waals surface area contributed by atoms with Crippen LogP contribution >= 0.6 is 0 Å². The van der Waals surface area contributed by atoms with E-state index in [9.17, 15) is 14.7 Å². The maximum Gasteiger partial charge on any atom is 0.311 e. The summed E-state index contributed by atoms with van der Waals surface area (Å²) in [7, 11) is 0. The van der Waals surface area contributed by atoms with Gasteiger partial charge in [-0.15, -0.1) is 0 Å². The number of rotatable bonds is 4. The Morgan fingerprint density at radius 1 is 1.32 bits per heavy atom. The summed E-state index contributed by atoms with van der Waals surface area (Å²) in [6.07, 6.45) is 4.30. The van der Waals surface area contributed by atoms with Gasteiger partial charge in [0.1, 0.15) is 12.2 Å². The molecule has 0 aliphatic carbocycles. The summed E-state index contributed by atoms with van der Waals surface area (Å²) in [6, 6.07) is 0. The second-order valence-electron chi connectivity index (χ2n) is 9.63. The number of fused-ring (bicyclic) bond motifs is 3. The summed E-state index contributed by atoms with van der Waals surface area (Å²) in [4.78, 5) is 27.8. The van der Waals surface area contributed by atoms with Gasteiger partial charge in [0.25, 0.3) is 0 Å². The summed E-state index contributed by atoms with van der Waals surface area (Å²) in [5.41, 5.74) is -0.284.